The summed E-state index contributed by atoms with van der Waals surface area (Å²) in [7, 11) is 0. The van der Waals surface area contributed by atoms with E-state index in [1.807, 2.05) is 13.0 Å². The minimum atomic E-state index is -3.09. The number of amides is 1. The molecule has 0 unspecified atom stereocenters. The van der Waals surface area contributed by atoms with E-state index >= 15 is 0 Å². The Bertz CT molecular complexity index is 624. The van der Waals surface area contributed by atoms with Gasteiger partial charge in [0.25, 0.3) is 5.92 Å². The number of halogens is 2. The van der Waals surface area contributed by atoms with Crippen LogP contribution in [0.15, 0.2) is 21.9 Å². The number of nitrogens with two attached hydrogens (primary N) is 1. The van der Waals surface area contributed by atoms with Gasteiger partial charge in [0, 0.05) is 5.38 Å². The van der Waals surface area contributed by atoms with Crippen molar-refractivity contribution in [3.8, 4) is 10.8 Å². The van der Waals surface area contributed by atoms with E-state index in [0.717, 1.165) is 5.76 Å². The van der Waals surface area contributed by atoms with E-state index in [1.165, 1.54) is 11.3 Å². The van der Waals surface area contributed by atoms with Crippen molar-refractivity contribution in [2.45, 2.75) is 19.3 Å². The van der Waals surface area contributed by atoms with E-state index in [1.54, 1.807) is 11.4 Å². The molecule has 5 nitrogen and oxygen atoms in total. The third-order valence-electron chi connectivity index (χ3n) is 2.69. The number of carbonyl (C=O) groups is 1. The lowest BCUT2D eigenvalue weighted by Gasteiger charge is -2.14. The van der Waals surface area contributed by atoms with Gasteiger partial charge in [-0.1, -0.05) is 0 Å². The molecule has 114 valence electrons. The van der Waals surface area contributed by atoms with E-state index in [9.17, 15) is 13.6 Å². The Balaban J connectivity index is 1.92. The van der Waals surface area contributed by atoms with Crippen molar-refractivity contribution in [1.29, 1.82) is 0 Å². The molecule has 2 heterocycles. The number of hydrogen-bond donors (Lipinski definition) is 2. The van der Waals surface area contributed by atoms with Crippen LogP contribution in [-0.2, 0) is 11.2 Å². The number of alkyl halides is 2. The summed E-state index contributed by atoms with van der Waals surface area (Å²) in [6.07, 6.45) is -0.0587. The molecule has 0 spiro atoms. The number of hydrogen-bond acceptors (Lipinski definition) is 5. The third-order valence-corrected chi connectivity index (χ3v) is 3.59. The van der Waals surface area contributed by atoms with Gasteiger partial charge < -0.3 is 15.5 Å². The molecule has 2 rings (SSSR count). The summed E-state index contributed by atoms with van der Waals surface area (Å²) in [4.78, 5) is 15.8. The molecular weight excluding hydrogens is 300 g/mol. The molecule has 2 aromatic heterocycles. The zero-order valence-corrected chi connectivity index (χ0v) is 12.2. The molecule has 0 aliphatic carbocycles. The fourth-order valence-corrected chi connectivity index (χ4v) is 2.36. The van der Waals surface area contributed by atoms with Crippen LogP contribution in [0.4, 0.5) is 8.78 Å². The Morgan fingerprint density at radius 3 is 2.90 bits per heavy atom. The Kier molecular flexibility index (Phi) is 4.69. The number of nitrogens with one attached hydrogen (secondary N) is 1. The summed E-state index contributed by atoms with van der Waals surface area (Å²) in [5, 5.41) is 4.50. The van der Waals surface area contributed by atoms with Crippen molar-refractivity contribution in [2.75, 3.05) is 13.1 Å². The molecule has 0 saturated heterocycles. The molecule has 3 N–H and O–H groups in total. The quantitative estimate of drug-likeness (QED) is 0.854. The summed E-state index contributed by atoms with van der Waals surface area (Å²) < 4.78 is 31.3. The molecule has 0 aromatic carbocycles. The Morgan fingerprint density at radius 2 is 2.29 bits per heavy atom. The smallest absolute Gasteiger partial charge is 0.277 e. The topological polar surface area (TPSA) is 81.2 Å². The van der Waals surface area contributed by atoms with Crippen LogP contribution >= 0.6 is 11.3 Å². The third kappa shape index (κ3) is 4.33. The number of thiazole rings is 1. The Labute approximate surface area is 124 Å². The van der Waals surface area contributed by atoms with Gasteiger partial charge in [-0.3, -0.25) is 4.79 Å². The first-order valence-electron chi connectivity index (χ1n) is 6.25. The average Bonchev–Trinajstić information content (AvgIpc) is 3.05. The lowest BCUT2D eigenvalue weighted by Crippen LogP contribution is -2.42. The fourth-order valence-electron chi connectivity index (χ4n) is 1.58. The van der Waals surface area contributed by atoms with Gasteiger partial charge in [0.15, 0.2) is 10.8 Å². The zero-order chi connectivity index (χ0) is 15.5. The van der Waals surface area contributed by atoms with Crippen molar-refractivity contribution >= 4 is 17.2 Å². The predicted octanol–water partition coefficient (Wildman–Crippen LogP) is 1.96. The van der Waals surface area contributed by atoms with E-state index < -0.39 is 24.9 Å². The first kappa shape index (κ1) is 15.6. The van der Waals surface area contributed by atoms with Gasteiger partial charge >= 0.3 is 0 Å². The first-order chi connectivity index (χ1) is 9.89. The SMILES string of the molecule is Cc1ccc(-c2nc(CC(=O)NCC(F)(F)CN)cs2)o1. The van der Waals surface area contributed by atoms with Crippen LogP contribution in [0.25, 0.3) is 10.8 Å². The second-order valence-corrected chi connectivity index (χ2v) is 5.43. The van der Waals surface area contributed by atoms with Gasteiger partial charge in [-0.25, -0.2) is 13.8 Å². The molecule has 1 amide bonds. The number of aromatic nitrogens is 1. The molecule has 0 atom stereocenters. The fraction of sp³-hybridized carbons (Fsp3) is 0.385. The van der Waals surface area contributed by atoms with Crippen LogP contribution in [0.5, 0.6) is 0 Å². The van der Waals surface area contributed by atoms with Gasteiger partial charge in [0.1, 0.15) is 5.76 Å². The minimum absolute atomic E-state index is 0.0587. The van der Waals surface area contributed by atoms with Crippen LogP contribution in [0, 0.1) is 6.92 Å². The van der Waals surface area contributed by atoms with E-state index in [0.29, 0.717) is 16.5 Å². The molecule has 0 bridgehead atoms. The summed E-state index contributed by atoms with van der Waals surface area (Å²) >= 11 is 1.33. The average molecular weight is 315 g/mol. The van der Waals surface area contributed by atoms with Crippen molar-refractivity contribution in [1.82, 2.24) is 10.3 Å². The van der Waals surface area contributed by atoms with E-state index in [4.69, 9.17) is 10.2 Å². The lowest BCUT2D eigenvalue weighted by atomic mass is 10.3. The molecular formula is C13H15F2N3O2S. The van der Waals surface area contributed by atoms with Crippen molar-refractivity contribution in [2.24, 2.45) is 5.73 Å². The largest absolute Gasteiger partial charge is 0.459 e. The second-order valence-electron chi connectivity index (χ2n) is 4.57. The monoisotopic (exact) mass is 315 g/mol. The number of aryl methyl sites for hydroxylation is 1. The maximum atomic E-state index is 12.9. The Morgan fingerprint density at radius 1 is 1.52 bits per heavy atom. The van der Waals surface area contributed by atoms with Gasteiger partial charge in [-0.05, 0) is 19.1 Å². The molecule has 0 saturated carbocycles. The van der Waals surface area contributed by atoms with Gasteiger partial charge in [0.05, 0.1) is 25.2 Å². The van der Waals surface area contributed by atoms with Crippen molar-refractivity contribution in [3.05, 3.63) is 29.0 Å². The van der Waals surface area contributed by atoms with Crippen LogP contribution < -0.4 is 11.1 Å². The highest BCUT2D eigenvalue weighted by Crippen LogP contribution is 2.25. The van der Waals surface area contributed by atoms with E-state index in [2.05, 4.69) is 10.3 Å². The van der Waals surface area contributed by atoms with Crippen molar-refractivity contribution < 1.29 is 18.0 Å². The highest BCUT2D eigenvalue weighted by Gasteiger charge is 2.27. The minimum Gasteiger partial charge on any atom is -0.459 e. The van der Waals surface area contributed by atoms with Crippen LogP contribution in [0.1, 0.15) is 11.5 Å². The molecule has 8 heteroatoms. The molecule has 0 fully saturated rings. The standard InChI is InChI=1S/C13H15F2N3O2S/c1-8-2-3-10(20-8)12-18-9(5-21-12)4-11(19)17-7-13(14,15)6-16/h2-3,5H,4,6-7,16H2,1H3,(H,17,19). The predicted molar refractivity (Wildman–Crippen MR) is 75.3 cm³/mol. The van der Waals surface area contributed by atoms with Gasteiger partial charge in [0.2, 0.25) is 5.91 Å². The highest BCUT2D eigenvalue weighted by atomic mass is 32.1. The number of carbonyl (C=O) groups excluding carboxylic acids is 1. The summed E-state index contributed by atoms with van der Waals surface area (Å²) in [5.41, 5.74) is 5.40. The maximum absolute atomic E-state index is 12.9. The first-order valence-corrected chi connectivity index (χ1v) is 7.13. The number of rotatable bonds is 6. The Hall–Kier alpha value is -1.80. The molecule has 21 heavy (non-hydrogen) atoms. The molecule has 0 aliphatic rings. The van der Waals surface area contributed by atoms with E-state index in [-0.39, 0.29) is 6.42 Å². The van der Waals surface area contributed by atoms with Crippen LogP contribution in [0.2, 0.25) is 0 Å². The summed E-state index contributed by atoms with van der Waals surface area (Å²) in [6, 6.07) is 3.61. The van der Waals surface area contributed by atoms with Crippen LogP contribution in [-0.4, -0.2) is 29.9 Å². The normalized spacial score (nSPS) is 11.6. The van der Waals surface area contributed by atoms with Crippen LogP contribution in [0.3, 0.4) is 0 Å². The molecule has 0 radical (unpaired) electrons. The molecule has 0 aliphatic heterocycles. The number of nitrogens with zero attached hydrogens (tertiary/aromatic N) is 1. The van der Waals surface area contributed by atoms with Crippen molar-refractivity contribution in [3.63, 3.8) is 0 Å². The lowest BCUT2D eigenvalue weighted by molar-refractivity contribution is -0.122. The molecule has 2 aromatic rings. The maximum Gasteiger partial charge on any atom is 0.277 e. The summed E-state index contributed by atoms with van der Waals surface area (Å²) in [5.74, 6) is -2.22. The highest BCUT2D eigenvalue weighted by molar-refractivity contribution is 7.13. The summed E-state index contributed by atoms with van der Waals surface area (Å²) in [6.45, 7) is 0.256. The van der Waals surface area contributed by atoms with Gasteiger partial charge in [-0.2, -0.15) is 0 Å². The zero-order valence-electron chi connectivity index (χ0n) is 11.4. The second kappa shape index (κ2) is 6.31. The number of furan rings is 1. The van der Waals surface area contributed by atoms with Gasteiger partial charge in [-0.15, -0.1) is 11.3 Å².